The van der Waals surface area contributed by atoms with Crippen molar-refractivity contribution in [3.63, 3.8) is 0 Å². The molecule has 3 heteroatoms. The van der Waals surface area contributed by atoms with E-state index in [-0.39, 0.29) is 5.41 Å². The standard InChI is InChI=1S/C57H37NO2/c1-57(2)48-23-11-9-21-42(48)43-27-26-36(33-49(43)57)58(50-24-13-16-34-14-3-6-18-39(34)50)37-31-46(45-30-35-15-4-5-17-38(35)40-19-7-8-20-41(40)45)56-47(32-37)55-53(60-56)29-28-52-54(55)44-22-10-12-25-51(44)59-52/h3-33H,1-2H3. The van der Waals surface area contributed by atoms with Crippen LogP contribution in [0.5, 0.6) is 0 Å². The first-order chi connectivity index (χ1) is 29.5. The third-order valence-corrected chi connectivity index (χ3v) is 13.2. The molecule has 0 spiro atoms. The Morgan fingerprint density at radius 1 is 0.367 bits per heavy atom. The van der Waals surface area contributed by atoms with Crippen molar-refractivity contribution in [3.05, 3.63) is 199 Å². The minimum atomic E-state index is -0.166. The third kappa shape index (κ3) is 4.60. The molecule has 10 aromatic carbocycles. The van der Waals surface area contributed by atoms with Gasteiger partial charge in [0.15, 0.2) is 0 Å². The van der Waals surface area contributed by atoms with Crippen molar-refractivity contribution in [1.82, 2.24) is 0 Å². The van der Waals surface area contributed by atoms with E-state index >= 15 is 0 Å². The average Bonchev–Trinajstić information content (AvgIpc) is 3.93. The zero-order valence-corrected chi connectivity index (χ0v) is 33.2. The zero-order chi connectivity index (χ0) is 39.7. The van der Waals surface area contributed by atoms with Crippen molar-refractivity contribution in [2.45, 2.75) is 19.3 Å². The Balaban J connectivity index is 1.18. The first kappa shape index (κ1) is 33.4. The van der Waals surface area contributed by atoms with Gasteiger partial charge >= 0.3 is 0 Å². The summed E-state index contributed by atoms with van der Waals surface area (Å²) in [6, 6.07) is 68.4. The molecule has 0 bridgehead atoms. The maximum Gasteiger partial charge on any atom is 0.143 e. The van der Waals surface area contributed by atoms with Gasteiger partial charge in [-0.3, -0.25) is 0 Å². The van der Waals surface area contributed by atoms with E-state index in [2.05, 4.69) is 201 Å². The molecule has 2 heterocycles. The van der Waals surface area contributed by atoms with Crippen molar-refractivity contribution < 1.29 is 8.83 Å². The summed E-state index contributed by atoms with van der Waals surface area (Å²) < 4.78 is 13.6. The number of para-hydroxylation sites is 1. The molecule has 0 saturated heterocycles. The third-order valence-electron chi connectivity index (χ3n) is 13.2. The van der Waals surface area contributed by atoms with Crippen molar-refractivity contribution in [2.24, 2.45) is 0 Å². The van der Waals surface area contributed by atoms with Gasteiger partial charge in [-0.2, -0.15) is 0 Å². The molecule has 0 radical (unpaired) electrons. The molecule has 282 valence electrons. The van der Waals surface area contributed by atoms with Crippen LogP contribution >= 0.6 is 0 Å². The van der Waals surface area contributed by atoms with Gasteiger partial charge in [-0.1, -0.05) is 147 Å². The number of anilines is 3. The van der Waals surface area contributed by atoms with Gasteiger partial charge in [0.2, 0.25) is 0 Å². The second-order valence-corrected chi connectivity index (χ2v) is 16.8. The summed E-state index contributed by atoms with van der Waals surface area (Å²) in [5.74, 6) is 0. The van der Waals surface area contributed by atoms with Crippen LogP contribution in [0.1, 0.15) is 25.0 Å². The van der Waals surface area contributed by atoms with Crippen LogP contribution in [0, 0.1) is 0 Å². The normalized spacial score (nSPS) is 13.3. The lowest BCUT2D eigenvalue weighted by atomic mass is 9.82. The molecule has 12 aromatic rings. The predicted octanol–water partition coefficient (Wildman–Crippen LogP) is 16.4. The van der Waals surface area contributed by atoms with E-state index in [1.165, 1.54) is 54.6 Å². The summed E-state index contributed by atoms with van der Waals surface area (Å²) >= 11 is 0. The summed E-state index contributed by atoms with van der Waals surface area (Å²) in [7, 11) is 0. The van der Waals surface area contributed by atoms with Gasteiger partial charge in [0.25, 0.3) is 0 Å². The summed E-state index contributed by atoms with van der Waals surface area (Å²) in [6.45, 7) is 4.72. The van der Waals surface area contributed by atoms with E-state index < -0.39 is 0 Å². The summed E-state index contributed by atoms with van der Waals surface area (Å²) in [5.41, 5.74) is 14.0. The van der Waals surface area contributed by atoms with Crippen molar-refractivity contribution >= 4 is 93.3 Å². The number of nitrogens with zero attached hydrogens (tertiary/aromatic N) is 1. The van der Waals surface area contributed by atoms with Gasteiger partial charge in [-0.15, -0.1) is 0 Å². The highest BCUT2D eigenvalue weighted by molar-refractivity contribution is 6.28. The molecule has 0 aliphatic heterocycles. The fourth-order valence-corrected chi connectivity index (χ4v) is 10.4. The smallest absolute Gasteiger partial charge is 0.143 e. The summed E-state index contributed by atoms with van der Waals surface area (Å²) in [6.07, 6.45) is 0. The Labute approximate surface area is 346 Å². The molecule has 0 N–H and O–H groups in total. The van der Waals surface area contributed by atoms with Crippen LogP contribution in [0.3, 0.4) is 0 Å². The minimum Gasteiger partial charge on any atom is -0.456 e. The fourth-order valence-electron chi connectivity index (χ4n) is 10.4. The lowest BCUT2D eigenvalue weighted by Gasteiger charge is -2.29. The molecule has 2 aromatic heterocycles. The molecular formula is C57H37NO2. The van der Waals surface area contributed by atoms with Crippen LogP contribution in [0.2, 0.25) is 0 Å². The van der Waals surface area contributed by atoms with Gasteiger partial charge in [0, 0.05) is 49.3 Å². The van der Waals surface area contributed by atoms with E-state index in [9.17, 15) is 0 Å². The fraction of sp³-hybridized carbons (Fsp3) is 0.0526. The Hall–Kier alpha value is -7.62. The number of rotatable bonds is 4. The van der Waals surface area contributed by atoms with Gasteiger partial charge in [-0.25, -0.2) is 0 Å². The number of hydrogen-bond acceptors (Lipinski definition) is 3. The molecule has 0 fully saturated rings. The SMILES string of the molecule is CC1(C)c2ccccc2-c2ccc(N(c3cc(-c4cc5ccccc5c5ccccc45)c4oc5ccc6oc7ccccc7c6c5c4c3)c3cccc4ccccc34)cc21. The van der Waals surface area contributed by atoms with Crippen LogP contribution in [0.25, 0.3) is 98.4 Å². The molecule has 60 heavy (non-hydrogen) atoms. The highest BCUT2D eigenvalue weighted by Gasteiger charge is 2.36. The Kier molecular flexibility index (Phi) is 6.78. The Morgan fingerprint density at radius 2 is 1.02 bits per heavy atom. The summed E-state index contributed by atoms with van der Waals surface area (Å²) in [5, 5.41) is 11.5. The number of fused-ring (bicyclic) bond motifs is 14. The van der Waals surface area contributed by atoms with Crippen molar-refractivity contribution in [2.75, 3.05) is 4.90 Å². The molecule has 3 nitrogen and oxygen atoms in total. The summed E-state index contributed by atoms with van der Waals surface area (Å²) in [4.78, 5) is 2.47. The second kappa shape index (κ2) is 12.2. The van der Waals surface area contributed by atoms with E-state index in [1.54, 1.807) is 0 Å². The average molecular weight is 768 g/mol. The molecule has 13 rings (SSSR count). The zero-order valence-electron chi connectivity index (χ0n) is 33.2. The maximum absolute atomic E-state index is 7.11. The lowest BCUT2D eigenvalue weighted by molar-refractivity contribution is 0.660. The van der Waals surface area contributed by atoms with E-state index in [1.807, 2.05) is 6.07 Å². The second-order valence-electron chi connectivity index (χ2n) is 16.8. The molecular weight excluding hydrogens is 731 g/mol. The first-order valence-electron chi connectivity index (χ1n) is 20.7. The molecule has 1 aliphatic carbocycles. The number of furan rings is 2. The van der Waals surface area contributed by atoms with Crippen molar-refractivity contribution in [3.8, 4) is 22.3 Å². The molecule has 0 amide bonds. The highest BCUT2D eigenvalue weighted by Crippen LogP contribution is 2.53. The predicted molar refractivity (Wildman–Crippen MR) is 251 cm³/mol. The van der Waals surface area contributed by atoms with Crippen LogP contribution in [-0.4, -0.2) is 0 Å². The Bertz CT molecular complexity index is 3760. The number of benzene rings is 10. The molecule has 0 unspecified atom stereocenters. The van der Waals surface area contributed by atoms with E-state index in [0.29, 0.717) is 0 Å². The highest BCUT2D eigenvalue weighted by atomic mass is 16.3. The van der Waals surface area contributed by atoms with Crippen molar-refractivity contribution in [1.29, 1.82) is 0 Å². The van der Waals surface area contributed by atoms with Crippen LogP contribution < -0.4 is 4.90 Å². The Morgan fingerprint density at radius 3 is 1.88 bits per heavy atom. The van der Waals surface area contributed by atoms with Gasteiger partial charge < -0.3 is 13.7 Å². The van der Waals surface area contributed by atoms with E-state index in [4.69, 9.17) is 8.83 Å². The van der Waals surface area contributed by atoms with Crippen LogP contribution in [0.15, 0.2) is 197 Å². The molecule has 0 atom stereocenters. The minimum absolute atomic E-state index is 0.166. The molecule has 1 aliphatic rings. The maximum atomic E-state index is 7.11. The molecule has 0 saturated carbocycles. The largest absolute Gasteiger partial charge is 0.456 e. The number of hydrogen-bond donors (Lipinski definition) is 0. The topological polar surface area (TPSA) is 29.5 Å². The first-order valence-corrected chi connectivity index (χ1v) is 20.7. The van der Waals surface area contributed by atoms with Crippen LogP contribution in [-0.2, 0) is 5.41 Å². The van der Waals surface area contributed by atoms with Gasteiger partial charge in [0.1, 0.15) is 22.3 Å². The van der Waals surface area contributed by atoms with Gasteiger partial charge in [-0.05, 0) is 109 Å². The van der Waals surface area contributed by atoms with Gasteiger partial charge in [0.05, 0.1) is 5.69 Å². The lowest BCUT2D eigenvalue weighted by Crippen LogP contribution is -2.16. The quantitative estimate of drug-likeness (QED) is 0.167. The van der Waals surface area contributed by atoms with E-state index in [0.717, 1.165) is 72.1 Å². The van der Waals surface area contributed by atoms with Crippen LogP contribution in [0.4, 0.5) is 17.1 Å². The monoisotopic (exact) mass is 767 g/mol.